The molecule has 0 aliphatic rings. The van der Waals surface area contributed by atoms with E-state index in [0.29, 0.717) is 10.9 Å². The first kappa shape index (κ1) is 13.5. The maximum atomic E-state index is 11.2. The molecular formula is C13H11N3O4. The topological polar surface area (TPSA) is 105 Å². The molecule has 1 amide bonds. The Morgan fingerprint density at radius 3 is 2.85 bits per heavy atom. The summed E-state index contributed by atoms with van der Waals surface area (Å²) in [5.41, 5.74) is 0.347. The van der Waals surface area contributed by atoms with Crippen LogP contribution < -0.4 is 5.32 Å². The summed E-state index contributed by atoms with van der Waals surface area (Å²) in [4.78, 5) is 25.2. The molecule has 7 heteroatoms. The molecule has 2 rings (SSSR count). The Labute approximate surface area is 113 Å². The number of nitro benzene ring substituents is 1. The number of carbonyl (C=O) groups is 1. The molecule has 0 saturated carbocycles. The summed E-state index contributed by atoms with van der Waals surface area (Å²) < 4.78 is 0. The third-order valence-corrected chi connectivity index (χ3v) is 2.76. The second-order valence-corrected chi connectivity index (χ2v) is 3.93. The molecule has 0 spiro atoms. The van der Waals surface area contributed by atoms with Crippen molar-refractivity contribution >= 4 is 28.6 Å². The molecule has 1 aromatic heterocycles. The Morgan fingerprint density at radius 2 is 2.20 bits per heavy atom. The van der Waals surface area contributed by atoms with Crippen LogP contribution in [-0.4, -0.2) is 28.0 Å². The first-order valence-electron chi connectivity index (χ1n) is 5.69. The van der Waals surface area contributed by atoms with E-state index in [2.05, 4.69) is 10.3 Å². The van der Waals surface area contributed by atoms with E-state index in [1.165, 1.54) is 31.5 Å². The zero-order valence-electron chi connectivity index (χ0n) is 10.5. The summed E-state index contributed by atoms with van der Waals surface area (Å²) in [7, 11) is 1.51. The van der Waals surface area contributed by atoms with Crippen LogP contribution in [0.4, 0.5) is 5.69 Å². The van der Waals surface area contributed by atoms with E-state index >= 15 is 0 Å². The van der Waals surface area contributed by atoms with Gasteiger partial charge in [0.25, 0.3) is 0 Å². The molecule has 7 nitrogen and oxygen atoms in total. The molecule has 102 valence electrons. The highest BCUT2D eigenvalue weighted by molar-refractivity contribution is 5.98. The summed E-state index contributed by atoms with van der Waals surface area (Å²) in [6.45, 7) is 0. The van der Waals surface area contributed by atoms with Crippen molar-refractivity contribution < 1.29 is 14.8 Å². The number of hydrogen-bond donors (Lipinski definition) is 2. The fourth-order valence-electron chi connectivity index (χ4n) is 1.76. The van der Waals surface area contributed by atoms with Crippen LogP contribution in [0, 0.1) is 10.1 Å². The number of amides is 1. The lowest BCUT2D eigenvalue weighted by atomic mass is 10.1. The zero-order valence-corrected chi connectivity index (χ0v) is 10.5. The van der Waals surface area contributed by atoms with Crippen molar-refractivity contribution in [1.29, 1.82) is 0 Å². The van der Waals surface area contributed by atoms with E-state index in [0.717, 1.165) is 0 Å². The summed E-state index contributed by atoms with van der Waals surface area (Å²) in [6, 6.07) is 4.34. The summed E-state index contributed by atoms with van der Waals surface area (Å²) in [6.07, 6.45) is 4.29. The number of hydrogen-bond acceptors (Lipinski definition) is 5. The van der Waals surface area contributed by atoms with Crippen LogP contribution in [0.3, 0.4) is 0 Å². The number of carbonyl (C=O) groups excluding carboxylic acids is 1. The number of phenolic OH excluding ortho intramolecular Hbond substituents is 1. The van der Waals surface area contributed by atoms with Gasteiger partial charge in [0.05, 0.1) is 4.92 Å². The number of likely N-dealkylation sites (N-methyl/N-ethyl adjacent to an activating group) is 1. The fraction of sp³-hybridized carbons (Fsp3) is 0.0769. The molecule has 0 atom stereocenters. The number of pyridine rings is 1. The number of nitrogens with zero attached hydrogens (tertiary/aromatic N) is 2. The van der Waals surface area contributed by atoms with Gasteiger partial charge < -0.3 is 10.4 Å². The molecule has 20 heavy (non-hydrogen) atoms. The van der Waals surface area contributed by atoms with Gasteiger partial charge in [-0.25, -0.2) is 0 Å². The molecule has 0 aliphatic carbocycles. The van der Waals surface area contributed by atoms with Gasteiger partial charge in [0.1, 0.15) is 5.52 Å². The molecule has 0 bridgehead atoms. The number of phenols is 1. The van der Waals surface area contributed by atoms with Gasteiger partial charge in [-0.15, -0.1) is 0 Å². The smallest absolute Gasteiger partial charge is 0.313 e. The maximum absolute atomic E-state index is 11.2. The Bertz CT molecular complexity index is 725. The van der Waals surface area contributed by atoms with Crippen molar-refractivity contribution in [1.82, 2.24) is 10.3 Å². The first-order valence-corrected chi connectivity index (χ1v) is 5.69. The number of nitrogens with one attached hydrogen (secondary N) is 1. The van der Waals surface area contributed by atoms with Crippen LogP contribution in [0.15, 0.2) is 30.5 Å². The molecule has 1 aromatic carbocycles. The van der Waals surface area contributed by atoms with Crippen LogP contribution in [0.5, 0.6) is 5.75 Å². The Hall–Kier alpha value is -2.96. The van der Waals surface area contributed by atoms with E-state index in [-0.39, 0.29) is 11.4 Å². The zero-order chi connectivity index (χ0) is 14.7. The Kier molecular flexibility index (Phi) is 3.60. The van der Waals surface area contributed by atoms with Gasteiger partial charge in [-0.1, -0.05) is 0 Å². The predicted octanol–water partition coefficient (Wildman–Crippen LogP) is 1.61. The standard InChI is InChI=1S/C13H11N3O4/c1-14-11(17)5-2-8-6-7-15-12-9(8)3-4-10(13(12)18)16(19)20/h2-7,18H,1H3,(H,14,17)/b5-2+. The highest BCUT2D eigenvalue weighted by Crippen LogP contribution is 2.34. The second kappa shape index (κ2) is 5.35. The second-order valence-electron chi connectivity index (χ2n) is 3.93. The van der Waals surface area contributed by atoms with Gasteiger partial charge in [-0.05, 0) is 23.8 Å². The Balaban J connectivity index is 2.60. The lowest BCUT2D eigenvalue weighted by Crippen LogP contribution is -2.13. The third kappa shape index (κ3) is 2.41. The molecule has 0 fully saturated rings. The van der Waals surface area contributed by atoms with Crippen molar-refractivity contribution in [3.63, 3.8) is 0 Å². The molecule has 2 aromatic rings. The van der Waals surface area contributed by atoms with Gasteiger partial charge in [-0.3, -0.25) is 19.9 Å². The number of aromatic nitrogens is 1. The number of aromatic hydroxyl groups is 1. The monoisotopic (exact) mass is 273 g/mol. The van der Waals surface area contributed by atoms with Crippen LogP contribution >= 0.6 is 0 Å². The lowest BCUT2D eigenvalue weighted by molar-refractivity contribution is -0.385. The van der Waals surface area contributed by atoms with Crippen LogP contribution in [0.1, 0.15) is 5.56 Å². The molecule has 0 aliphatic heterocycles. The predicted molar refractivity (Wildman–Crippen MR) is 73.2 cm³/mol. The molecule has 0 radical (unpaired) electrons. The molecule has 0 unspecified atom stereocenters. The van der Waals surface area contributed by atoms with E-state index in [9.17, 15) is 20.0 Å². The van der Waals surface area contributed by atoms with Gasteiger partial charge in [-0.2, -0.15) is 0 Å². The van der Waals surface area contributed by atoms with Crippen LogP contribution in [-0.2, 0) is 4.79 Å². The molecule has 1 heterocycles. The number of nitro groups is 1. The van der Waals surface area contributed by atoms with Crippen LogP contribution in [0.2, 0.25) is 0 Å². The molecule has 0 saturated heterocycles. The normalized spacial score (nSPS) is 10.8. The minimum Gasteiger partial charge on any atom is -0.501 e. The van der Waals surface area contributed by atoms with Crippen LogP contribution in [0.25, 0.3) is 17.0 Å². The average Bonchev–Trinajstić information content (AvgIpc) is 2.44. The lowest BCUT2D eigenvalue weighted by Gasteiger charge is -2.04. The number of benzene rings is 1. The highest BCUT2D eigenvalue weighted by Gasteiger charge is 2.17. The third-order valence-electron chi connectivity index (χ3n) is 2.76. The first-order chi connectivity index (χ1) is 9.54. The van der Waals surface area contributed by atoms with Gasteiger partial charge in [0.2, 0.25) is 11.7 Å². The fourth-order valence-corrected chi connectivity index (χ4v) is 1.76. The quantitative estimate of drug-likeness (QED) is 0.502. The van der Waals surface area contributed by atoms with Gasteiger partial charge in [0, 0.05) is 30.8 Å². The van der Waals surface area contributed by atoms with E-state index < -0.39 is 16.4 Å². The van der Waals surface area contributed by atoms with Crippen molar-refractivity contribution in [2.45, 2.75) is 0 Å². The Morgan fingerprint density at radius 1 is 1.45 bits per heavy atom. The maximum Gasteiger partial charge on any atom is 0.313 e. The number of fused-ring (bicyclic) bond motifs is 1. The largest absolute Gasteiger partial charge is 0.501 e. The van der Waals surface area contributed by atoms with Gasteiger partial charge >= 0.3 is 5.69 Å². The average molecular weight is 273 g/mol. The molecule has 2 N–H and O–H groups in total. The molecular weight excluding hydrogens is 262 g/mol. The summed E-state index contributed by atoms with van der Waals surface area (Å²) >= 11 is 0. The highest BCUT2D eigenvalue weighted by atomic mass is 16.6. The summed E-state index contributed by atoms with van der Waals surface area (Å²) in [5.74, 6) is -0.760. The SMILES string of the molecule is CNC(=O)/C=C/c1ccnc2c(O)c([N+](=O)[O-])ccc12. The van der Waals surface area contributed by atoms with Gasteiger partial charge in [0.15, 0.2) is 0 Å². The minimum absolute atomic E-state index is 0.123. The van der Waals surface area contributed by atoms with E-state index in [1.807, 2.05) is 0 Å². The van der Waals surface area contributed by atoms with E-state index in [1.54, 1.807) is 12.1 Å². The van der Waals surface area contributed by atoms with Crippen molar-refractivity contribution in [3.8, 4) is 5.75 Å². The summed E-state index contributed by atoms with van der Waals surface area (Å²) in [5, 5.41) is 23.6. The van der Waals surface area contributed by atoms with Crippen molar-refractivity contribution in [2.24, 2.45) is 0 Å². The van der Waals surface area contributed by atoms with Crippen molar-refractivity contribution in [3.05, 3.63) is 46.1 Å². The van der Waals surface area contributed by atoms with E-state index in [4.69, 9.17) is 0 Å². The minimum atomic E-state index is -0.677. The van der Waals surface area contributed by atoms with Crippen molar-refractivity contribution in [2.75, 3.05) is 7.05 Å². The number of rotatable bonds is 3.